The van der Waals surface area contributed by atoms with E-state index in [9.17, 15) is 19.6 Å². The second-order valence-corrected chi connectivity index (χ2v) is 7.57. The first-order valence-corrected chi connectivity index (χ1v) is 9.83. The standard InChI is InChI=1S/C24H21FN2O2/c25-20-7-2-1-4-17(20)11-8-16-9-12-18(13-10-16)23-21(14-26)27(22(23)15-28)24(29)19-5-3-6-19/h1-2,4,7,9-10,12-13,19,21-23,28H,3,5-6,15H2/t21-,22+,23-/m1/s1. The SMILES string of the molecule is N#C[C@@H]1[C@@H](c2ccc(C#Cc3ccccc3F)cc2)[C@H](CO)N1C(=O)C1CCC1. The van der Waals surface area contributed by atoms with Crippen molar-refractivity contribution in [3.8, 4) is 17.9 Å². The summed E-state index contributed by atoms with van der Waals surface area (Å²) in [5, 5.41) is 19.5. The Hall–Kier alpha value is -3.15. The molecule has 0 unspecified atom stereocenters. The molecule has 0 spiro atoms. The molecule has 1 N–H and O–H groups in total. The topological polar surface area (TPSA) is 64.3 Å². The molecule has 146 valence electrons. The molecular formula is C24H21FN2O2. The molecule has 1 amide bonds. The summed E-state index contributed by atoms with van der Waals surface area (Å²) in [6.07, 6.45) is 2.78. The van der Waals surface area contributed by atoms with E-state index in [-0.39, 0.29) is 36.2 Å². The summed E-state index contributed by atoms with van der Waals surface area (Å²) >= 11 is 0. The van der Waals surface area contributed by atoms with Crippen molar-refractivity contribution in [1.29, 1.82) is 5.26 Å². The molecule has 5 heteroatoms. The van der Waals surface area contributed by atoms with E-state index in [1.807, 2.05) is 24.3 Å². The summed E-state index contributed by atoms with van der Waals surface area (Å²) in [5.41, 5.74) is 1.96. The number of carbonyl (C=O) groups excluding carboxylic acids is 1. The smallest absolute Gasteiger partial charge is 0.227 e. The fourth-order valence-electron chi connectivity index (χ4n) is 4.07. The zero-order chi connectivity index (χ0) is 20.4. The van der Waals surface area contributed by atoms with Gasteiger partial charge in [0.1, 0.15) is 11.9 Å². The fourth-order valence-corrected chi connectivity index (χ4v) is 4.07. The Morgan fingerprint density at radius 2 is 1.86 bits per heavy atom. The largest absolute Gasteiger partial charge is 0.394 e. The second-order valence-electron chi connectivity index (χ2n) is 7.57. The zero-order valence-electron chi connectivity index (χ0n) is 15.9. The molecule has 0 aromatic heterocycles. The van der Waals surface area contributed by atoms with Crippen LogP contribution in [0, 0.1) is 34.9 Å². The molecule has 2 aromatic rings. The van der Waals surface area contributed by atoms with Crippen LogP contribution in [0.25, 0.3) is 0 Å². The lowest BCUT2D eigenvalue weighted by Crippen LogP contribution is -2.66. The van der Waals surface area contributed by atoms with E-state index < -0.39 is 6.04 Å². The van der Waals surface area contributed by atoms with Crippen LogP contribution in [0.3, 0.4) is 0 Å². The number of carbonyl (C=O) groups is 1. The van der Waals surface area contributed by atoms with Crippen molar-refractivity contribution in [3.05, 3.63) is 71.0 Å². The van der Waals surface area contributed by atoms with E-state index in [1.54, 1.807) is 23.1 Å². The van der Waals surface area contributed by atoms with Crippen molar-refractivity contribution in [2.75, 3.05) is 6.61 Å². The second kappa shape index (κ2) is 8.07. The predicted octanol–water partition coefficient (Wildman–Crippen LogP) is 3.20. The van der Waals surface area contributed by atoms with E-state index in [2.05, 4.69) is 17.9 Å². The average Bonchev–Trinajstić information content (AvgIpc) is 2.67. The first kappa shape index (κ1) is 19.2. The Balaban J connectivity index is 1.52. The van der Waals surface area contributed by atoms with Crippen LogP contribution in [-0.2, 0) is 4.79 Å². The molecule has 2 aliphatic rings. The zero-order valence-corrected chi connectivity index (χ0v) is 15.9. The van der Waals surface area contributed by atoms with Gasteiger partial charge in [-0.3, -0.25) is 4.79 Å². The Morgan fingerprint density at radius 1 is 1.14 bits per heavy atom. The van der Waals surface area contributed by atoms with Gasteiger partial charge >= 0.3 is 0 Å². The van der Waals surface area contributed by atoms with E-state index >= 15 is 0 Å². The van der Waals surface area contributed by atoms with E-state index in [1.165, 1.54) is 6.07 Å². The molecule has 0 bridgehead atoms. The number of aliphatic hydroxyl groups excluding tert-OH is 1. The Morgan fingerprint density at radius 3 is 2.45 bits per heavy atom. The van der Waals surface area contributed by atoms with Crippen molar-refractivity contribution >= 4 is 5.91 Å². The number of nitriles is 1. The van der Waals surface area contributed by atoms with Gasteiger partial charge in [-0.2, -0.15) is 5.26 Å². The van der Waals surface area contributed by atoms with Gasteiger partial charge in [0.15, 0.2) is 0 Å². The molecule has 1 aliphatic carbocycles. The van der Waals surface area contributed by atoms with Gasteiger partial charge in [0.2, 0.25) is 5.91 Å². The number of hydrogen-bond donors (Lipinski definition) is 1. The van der Waals surface area contributed by atoms with E-state index in [0.717, 1.165) is 30.4 Å². The van der Waals surface area contributed by atoms with Crippen molar-refractivity contribution in [2.45, 2.75) is 37.3 Å². The van der Waals surface area contributed by atoms with Crippen LogP contribution < -0.4 is 0 Å². The molecule has 4 rings (SSSR count). The van der Waals surface area contributed by atoms with E-state index in [4.69, 9.17) is 0 Å². The highest BCUT2D eigenvalue weighted by molar-refractivity contribution is 5.82. The maximum absolute atomic E-state index is 13.7. The highest BCUT2D eigenvalue weighted by Crippen LogP contribution is 2.43. The molecule has 1 saturated carbocycles. The van der Waals surface area contributed by atoms with Crippen LogP contribution >= 0.6 is 0 Å². The van der Waals surface area contributed by atoms with Gasteiger partial charge in [-0.25, -0.2) is 4.39 Å². The maximum atomic E-state index is 13.7. The van der Waals surface area contributed by atoms with Crippen LogP contribution in [0.4, 0.5) is 4.39 Å². The number of aliphatic hydroxyl groups is 1. The summed E-state index contributed by atoms with van der Waals surface area (Å²) in [7, 11) is 0. The Labute approximate surface area is 169 Å². The van der Waals surface area contributed by atoms with Crippen molar-refractivity contribution in [1.82, 2.24) is 4.90 Å². The minimum Gasteiger partial charge on any atom is -0.394 e. The van der Waals surface area contributed by atoms with Crippen LogP contribution in [0.15, 0.2) is 48.5 Å². The molecule has 3 atom stereocenters. The third-order valence-electron chi connectivity index (χ3n) is 5.95. The molecule has 1 saturated heterocycles. The normalized spacial score (nSPS) is 23.2. The number of nitrogens with zero attached hydrogens (tertiary/aromatic N) is 2. The van der Waals surface area contributed by atoms with Gasteiger partial charge in [0.05, 0.1) is 24.3 Å². The summed E-state index contributed by atoms with van der Waals surface area (Å²) in [4.78, 5) is 14.2. The minimum absolute atomic E-state index is 0.00289. The van der Waals surface area contributed by atoms with Crippen molar-refractivity contribution in [2.24, 2.45) is 5.92 Å². The number of hydrogen-bond acceptors (Lipinski definition) is 3. The maximum Gasteiger partial charge on any atom is 0.227 e. The van der Waals surface area contributed by atoms with Crippen molar-refractivity contribution in [3.63, 3.8) is 0 Å². The fraction of sp³-hybridized carbons (Fsp3) is 0.333. The molecule has 1 aliphatic heterocycles. The number of halogens is 1. The van der Waals surface area contributed by atoms with Crippen LogP contribution in [0.1, 0.15) is 41.9 Å². The quantitative estimate of drug-likeness (QED) is 0.822. The molecule has 2 aromatic carbocycles. The summed E-state index contributed by atoms with van der Waals surface area (Å²) < 4.78 is 13.7. The van der Waals surface area contributed by atoms with E-state index in [0.29, 0.717) is 5.56 Å². The molecular weight excluding hydrogens is 367 g/mol. The average molecular weight is 388 g/mol. The summed E-state index contributed by atoms with van der Waals surface area (Å²) in [6.45, 7) is -0.170. The lowest BCUT2D eigenvalue weighted by molar-refractivity contribution is -0.154. The Bertz CT molecular complexity index is 1010. The highest BCUT2D eigenvalue weighted by atomic mass is 19.1. The molecule has 29 heavy (non-hydrogen) atoms. The number of rotatable bonds is 3. The summed E-state index contributed by atoms with van der Waals surface area (Å²) in [5.74, 6) is 5.18. The molecule has 2 fully saturated rings. The van der Waals surface area contributed by atoms with Crippen LogP contribution in [0.2, 0.25) is 0 Å². The van der Waals surface area contributed by atoms with Gasteiger partial charge in [0, 0.05) is 17.4 Å². The Kier molecular flexibility index (Phi) is 5.34. The first-order valence-electron chi connectivity index (χ1n) is 9.83. The number of benzene rings is 2. The molecule has 0 radical (unpaired) electrons. The predicted molar refractivity (Wildman–Crippen MR) is 106 cm³/mol. The van der Waals surface area contributed by atoms with Crippen LogP contribution in [0.5, 0.6) is 0 Å². The van der Waals surface area contributed by atoms with Crippen molar-refractivity contribution < 1.29 is 14.3 Å². The van der Waals surface area contributed by atoms with Crippen LogP contribution in [-0.4, -0.2) is 34.6 Å². The monoisotopic (exact) mass is 388 g/mol. The lowest BCUT2D eigenvalue weighted by Gasteiger charge is -2.53. The third kappa shape index (κ3) is 3.50. The molecule has 1 heterocycles. The lowest BCUT2D eigenvalue weighted by atomic mass is 9.73. The number of amides is 1. The summed E-state index contributed by atoms with van der Waals surface area (Å²) in [6, 6.07) is 15.0. The third-order valence-corrected chi connectivity index (χ3v) is 5.95. The minimum atomic E-state index is -0.560. The van der Waals surface area contributed by atoms with Gasteiger partial charge in [-0.15, -0.1) is 0 Å². The van der Waals surface area contributed by atoms with Gasteiger partial charge < -0.3 is 10.0 Å². The van der Waals surface area contributed by atoms with Gasteiger partial charge in [-0.05, 0) is 42.7 Å². The first-order chi connectivity index (χ1) is 14.1. The highest BCUT2D eigenvalue weighted by Gasteiger charge is 2.53. The van der Waals surface area contributed by atoms with Gasteiger partial charge in [0.25, 0.3) is 0 Å². The molecule has 4 nitrogen and oxygen atoms in total. The number of likely N-dealkylation sites (tertiary alicyclic amines) is 1. The van der Waals surface area contributed by atoms with Gasteiger partial charge in [-0.1, -0.05) is 42.5 Å².